The van der Waals surface area contributed by atoms with Crippen LogP contribution in [0, 0.1) is 0 Å². The Balaban J connectivity index is 1.44. The number of aryl methyl sites for hydroxylation is 1. The van der Waals surface area contributed by atoms with Gasteiger partial charge in [0.2, 0.25) is 5.88 Å². The van der Waals surface area contributed by atoms with Crippen molar-refractivity contribution in [3.05, 3.63) is 60.3 Å². The summed E-state index contributed by atoms with van der Waals surface area (Å²) in [5.74, 6) is 2.24. The summed E-state index contributed by atoms with van der Waals surface area (Å²) in [6, 6.07) is 7.60. The zero-order valence-electron chi connectivity index (χ0n) is 16.3. The monoisotopic (exact) mass is 379 g/mol. The second-order valence-corrected chi connectivity index (χ2v) is 7.07. The Hall–Kier alpha value is -2.93. The summed E-state index contributed by atoms with van der Waals surface area (Å²) in [6.45, 7) is 2.97. The van der Waals surface area contributed by atoms with Crippen LogP contribution in [0.1, 0.15) is 30.0 Å². The summed E-state index contributed by atoms with van der Waals surface area (Å²) < 4.78 is 13.3. The first-order valence-electron chi connectivity index (χ1n) is 9.54. The summed E-state index contributed by atoms with van der Waals surface area (Å²) in [7, 11) is 3.59. The Morgan fingerprint density at radius 2 is 1.82 bits per heavy atom. The van der Waals surface area contributed by atoms with Crippen molar-refractivity contribution < 1.29 is 9.47 Å². The maximum absolute atomic E-state index is 6.09. The topological polar surface area (TPSA) is 65.3 Å². The Labute approximate surface area is 164 Å². The number of likely N-dealkylation sites (tertiary alicyclic amines) is 1. The molecule has 2 aromatic heterocycles. The first-order valence-corrected chi connectivity index (χ1v) is 9.54. The van der Waals surface area contributed by atoms with Gasteiger partial charge in [-0.2, -0.15) is 5.10 Å². The van der Waals surface area contributed by atoms with Crippen LogP contribution in [0.2, 0.25) is 0 Å². The van der Waals surface area contributed by atoms with Crippen LogP contribution in [0.5, 0.6) is 17.4 Å². The summed E-state index contributed by atoms with van der Waals surface area (Å²) >= 11 is 0. The lowest BCUT2D eigenvalue weighted by Gasteiger charge is -2.31. The van der Waals surface area contributed by atoms with Crippen LogP contribution in [-0.2, 0) is 13.6 Å². The highest BCUT2D eigenvalue weighted by atomic mass is 16.5. The van der Waals surface area contributed by atoms with Gasteiger partial charge in [0.15, 0.2) is 11.5 Å². The third kappa shape index (κ3) is 4.14. The number of piperidine rings is 1. The molecule has 1 aromatic carbocycles. The van der Waals surface area contributed by atoms with E-state index in [0.29, 0.717) is 23.3 Å². The molecule has 0 amide bonds. The third-order valence-electron chi connectivity index (χ3n) is 5.11. The lowest BCUT2D eigenvalue weighted by atomic mass is 9.93. The molecule has 1 saturated heterocycles. The predicted molar refractivity (Wildman–Crippen MR) is 106 cm³/mol. The fraction of sp³-hybridized carbons (Fsp3) is 0.381. The fourth-order valence-corrected chi connectivity index (χ4v) is 3.68. The van der Waals surface area contributed by atoms with Gasteiger partial charge in [0.25, 0.3) is 0 Å². The SMILES string of the molecule is COc1ccccc1Oc1nccnc1C1CCN(Cc2cnn(C)c2)CC1. The predicted octanol–water partition coefficient (Wildman–Crippen LogP) is 3.39. The van der Waals surface area contributed by atoms with E-state index in [1.807, 2.05) is 42.2 Å². The minimum absolute atomic E-state index is 0.337. The number of para-hydroxylation sites is 2. The highest BCUT2D eigenvalue weighted by molar-refractivity contribution is 5.42. The van der Waals surface area contributed by atoms with Gasteiger partial charge in [-0.15, -0.1) is 0 Å². The van der Waals surface area contributed by atoms with Crippen molar-refractivity contribution in [2.75, 3.05) is 20.2 Å². The van der Waals surface area contributed by atoms with Crippen molar-refractivity contribution in [2.24, 2.45) is 7.05 Å². The van der Waals surface area contributed by atoms with Crippen LogP contribution < -0.4 is 9.47 Å². The maximum atomic E-state index is 6.09. The normalized spacial score (nSPS) is 15.5. The molecular weight excluding hydrogens is 354 g/mol. The van der Waals surface area contributed by atoms with E-state index in [4.69, 9.17) is 9.47 Å². The van der Waals surface area contributed by atoms with E-state index in [1.165, 1.54) is 5.56 Å². The van der Waals surface area contributed by atoms with E-state index in [0.717, 1.165) is 38.2 Å². The average molecular weight is 379 g/mol. The summed E-state index contributed by atoms with van der Waals surface area (Å²) in [5, 5.41) is 4.26. The van der Waals surface area contributed by atoms with Crippen molar-refractivity contribution >= 4 is 0 Å². The second-order valence-electron chi connectivity index (χ2n) is 7.07. The van der Waals surface area contributed by atoms with E-state index < -0.39 is 0 Å². The van der Waals surface area contributed by atoms with Gasteiger partial charge < -0.3 is 9.47 Å². The summed E-state index contributed by atoms with van der Waals surface area (Å²) in [4.78, 5) is 11.5. The first kappa shape index (κ1) is 18.4. The van der Waals surface area contributed by atoms with Gasteiger partial charge in [-0.05, 0) is 38.1 Å². The standard InChI is InChI=1S/C21H25N5O2/c1-25-14-16(13-24-25)15-26-11-7-17(8-12-26)20-21(23-10-9-22-20)28-19-6-4-3-5-18(19)27-2/h3-6,9-10,13-14,17H,7-8,11-12,15H2,1-2H3. The van der Waals surface area contributed by atoms with E-state index in [-0.39, 0.29) is 0 Å². The zero-order valence-corrected chi connectivity index (χ0v) is 16.3. The van der Waals surface area contributed by atoms with Crippen LogP contribution in [-0.4, -0.2) is 44.8 Å². The van der Waals surface area contributed by atoms with Crippen molar-refractivity contribution in [1.82, 2.24) is 24.6 Å². The Morgan fingerprint density at radius 1 is 1.07 bits per heavy atom. The minimum Gasteiger partial charge on any atom is -0.493 e. The number of hydrogen-bond acceptors (Lipinski definition) is 6. The smallest absolute Gasteiger partial charge is 0.241 e. The molecule has 4 rings (SSSR count). The quantitative estimate of drug-likeness (QED) is 0.654. The molecule has 1 aliphatic heterocycles. The zero-order chi connectivity index (χ0) is 19.3. The Morgan fingerprint density at radius 3 is 2.54 bits per heavy atom. The molecule has 0 spiro atoms. The summed E-state index contributed by atoms with van der Waals surface area (Å²) in [6.07, 6.45) is 9.49. The number of benzene rings is 1. The van der Waals surface area contributed by atoms with Crippen LogP contribution in [0.25, 0.3) is 0 Å². The molecule has 0 saturated carbocycles. The van der Waals surface area contributed by atoms with Crippen molar-refractivity contribution in [3.63, 3.8) is 0 Å². The molecule has 0 bridgehead atoms. The minimum atomic E-state index is 0.337. The molecule has 146 valence electrons. The molecular formula is C21H25N5O2. The Kier molecular flexibility index (Phi) is 5.53. The number of methoxy groups -OCH3 is 1. The number of nitrogens with zero attached hydrogens (tertiary/aromatic N) is 5. The maximum Gasteiger partial charge on any atom is 0.241 e. The lowest BCUT2D eigenvalue weighted by Crippen LogP contribution is -2.32. The molecule has 3 aromatic rings. The fourth-order valence-electron chi connectivity index (χ4n) is 3.68. The number of rotatable bonds is 6. The van der Waals surface area contributed by atoms with Crippen LogP contribution >= 0.6 is 0 Å². The molecule has 0 unspecified atom stereocenters. The molecule has 1 aliphatic rings. The van der Waals surface area contributed by atoms with E-state index >= 15 is 0 Å². The molecule has 0 N–H and O–H groups in total. The highest BCUT2D eigenvalue weighted by Crippen LogP contribution is 2.36. The molecule has 7 nitrogen and oxygen atoms in total. The van der Waals surface area contributed by atoms with E-state index in [9.17, 15) is 0 Å². The molecule has 0 aliphatic carbocycles. The van der Waals surface area contributed by atoms with Crippen molar-refractivity contribution in [3.8, 4) is 17.4 Å². The molecule has 28 heavy (non-hydrogen) atoms. The second kappa shape index (κ2) is 8.39. The molecule has 0 radical (unpaired) electrons. The summed E-state index contributed by atoms with van der Waals surface area (Å²) in [5.41, 5.74) is 2.18. The number of aromatic nitrogens is 4. The average Bonchev–Trinajstić information content (AvgIpc) is 3.14. The van der Waals surface area contributed by atoms with Gasteiger partial charge in [-0.25, -0.2) is 4.98 Å². The highest BCUT2D eigenvalue weighted by Gasteiger charge is 2.25. The van der Waals surface area contributed by atoms with Crippen LogP contribution in [0.3, 0.4) is 0 Å². The number of ether oxygens (including phenoxy) is 2. The van der Waals surface area contributed by atoms with E-state index in [1.54, 1.807) is 19.5 Å². The van der Waals surface area contributed by atoms with Crippen molar-refractivity contribution in [2.45, 2.75) is 25.3 Å². The van der Waals surface area contributed by atoms with Crippen molar-refractivity contribution in [1.29, 1.82) is 0 Å². The van der Waals surface area contributed by atoms with Crippen LogP contribution in [0.4, 0.5) is 0 Å². The first-order chi connectivity index (χ1) is 13.7. The molecule has 7 heteroatoms. The van der Waals surface area contributed by atoms with Gasteiger partial charge in [-0.3, -0.25) is 14.6 Å². The van der Waals surface area contributed by atoms with Gasteiger partial charge in [0.1, 0.15) is 5.69 Å². The lowest BCUT2D eigenvalue weighted by molar-refractivity contribution is 0.201. The molecule has 3 heterocycles. The number of hydrogen-bond donors (Lipinski definition) is 0. The van der Waals surface area contributed by atoms with Gasteiger partial charge in [0.05, 0.1) is 13.3 Å². The van der Waals surface area contributed by atoms with E-state index in [2.05, 4.69) is 26.2 Å². The van der Waals surface area contributed by atoms with Gasteiger partial charge in [-0.1, -0.05) is 12.1 Å². The third-order valence-corrected chi connectivity index (χ3v) is 5.11. The Bertz CT molecular complexity index is 918. The molecule has 0 atom stereocenters. The van der Waals surface area contributed by atoms with Gasteiger partial charge in [0, 0.05) is 43.7 Å². The molecule has 1 fully saturated rings. The van der Waals surface area contributed by atoms with Gasteiger partial charge >= 0.3 is 0 Å². The largest absolute Gasteiger partial charge is 0.493 e. The van der Waals surface area contributed by atoms with Crippen LogP contribution in [0.15, 0.2) is 49.1 Å².